The maximum atomic E-state index is 13.2. The lowest BCUT2D eigenvalue weighted by Crippen LogP contribution is -2.46. The van der Waals surface area contributed by atoms with Crippen LogP contribution in [-0.4, -0.2) is 39.5 Å². The normalized spacial score (nSPS) is 14.9. The van der Waals surface area contributed by atoms with Gasteiger partial charge in [0, 0.05) is 43.4 Å². The van der Waals surface area contributed by atoms with Gasteiger partial charge in [0.05, 0.1) is 5.75 Å². The number of nitrogens with two attached hydrogens (primary N) is 1. The van der Waals surface area contributed by atoms with Gasteiger partial charge in [0.25, 0.3) is 0 Å². The van der Waals surface area contributed by atoms with Crippen molar-refractivity contribution in [3.05, 3.63) is 87.9 Å². The van der Waals surface area contributed by atoms with Gasteiger partial charge < -0.3 is 4.90 Å². The first-order chi connectivity index (χ1) is 16.2. The van der Waals surface area contributed by atoms with Crippen molar-refractivity contribution >= 4 is 32.8 Å². The van der Waals surface area contributed by atoms with Crippen LogP contribution in [0.2, 0.25) is 5.02 Å². The minimum absolute atomic E-state index is 0.139. The Kier molecular flexibility index (Phi) is 7.36. The van der Waals surface area contributed by atoms with Gasteiger partial charge in [-0.05, 0) is 66.0 Å². The molecule has 3 aromatic rings. The summed E-state index contributed by atoms with van der Waals surface area (Å²) in [6.07, 6.45) is 0. The Morgan fingerprint density at radius 1 is 0.941 bits per heavy atom. The quantitative estimate of drug-likeness (QED) is 0.498. The van der Waals surface area contributed by atoms with Crippen LogP contribution in [-0.2, 0) is 22.1 Å². The van der Waals surface area contributed by atoms with Crippen molar-refractivity contribution in [1.82, 2.24) is 4.90 Å². The van der Waals surface area contributed by atoms with Gasteiger partial charge in [-0.2, -0.15) is 5.53 Å². The van der Waals surface area contributed by atoms with Crippen LogP contribution in [0, 0.1) is 13.8 Å². The molecule has 0 atom stereocenters. The number of aryl methyl sites for hydroxylation is 2. The number of benzene rings is 3. The third kappa shape index (κ3) is 5.66. The van der Waals surface area contributed by atoms with E-state index in [-0.39, 0.29) is 16.3 Å². The molecule has 178 valence electrons. The molecule has 0 aliphatic carbocycles. The van der Waals surface area contributed by atoms with E-state index in [2.05, 4.69) is 47.0 Å². The highest BCUT2D eigenvalue weighted by atomic mass is 35.5. The predicted molar refractivity (Wildman–Crippen MR) is 136 cm³/mol. The van der Waals surface area contributed by atoms with Crippen molar-refractivity contribution in [2.45, 2.75) is 31.0 Å². The van der Waals surface area contributed by atoms with Gasteiger partial charge in [-0.15, -0.1) is 0 Å². The van der Waals surface area contributed by atoms with Crippen molar-refractivity contribution in [2.24, 2.45) is 5.11 Å². The van der Waals surface area contributed by atoms with Crippen molar-refractivity contribution < 1.29 is 13.9 Å². The number of anilines is 1. The van der Waals surface area contributed by atoms with Gasteiger partial charge in [0.2, 0.25) is 0 Å². The van der Waals surface area contributed by atoms with Crippen LogP contribution in [0.3, 0.4) is 0 Å². The summed E-state index contributed by atoms with van der Waals surface area (Å²) in [6, 6.07) is 18.7. The molecule has 1 saturated heterocycles. The Bertz CT molecular complexity index is 1280. The molecule has 0 amide bonds. The van der Waals surface area contributed by atoms with Crippen molar-refractivity contribution in [2.75, 3.05) is 31.1 Å². The number of piperazine rings is 1. The summed E-state index contributed by atoms with van der Waals surface area (Å²) in [6.45, 7) is 8.65. The molecule has 0 bridgehead atoms. The zero-order valence-electron chi connectivity index (χ0n) is 19.5. The van der Waals surface area contributed by atoms with Crippen molar-refractivity contribution in [1.29, 1.82) is 0 Å². The van der Waals surface area contributed by atoms with E-state index in [4.69, 9.17) is 17.1 Å². The second kappa shape index (κ2) is 10.3. The van der Waals surface area contributed by atoms with Gasteiger partial charge >= 0.3 is 0 Å². The fourth-order valence-electron chi connectivity index (χ4n) is 4.31. The number of rotatable bonds is 7. The lowest BCUT2D eigenvalue weighted by molar-refractivity contribution is -0.210. The molecular formula is C26H30ClN4O2S+. The lowest BCUT2D eigenvalue weighted by atomic mass is 10.0. The molecule has 8 heteroatoms. The first-order valence-electron chi connectivity index (χ1n) is 11.3. The summed E-state index contributed by atoms with van der Waals surface area (Å²) in [5.74, 6) is -0.139. The molecule has 4 rings (SSSR count). The smallest absolute Gasteiger partial charge is 0.184 e. The SMILES string of the molecule is Cc1ccc(C)c(CN2CCN(c3ccc(N=[NH2+])c(S(=O)(=O)Cc4ccc(Cl)cc4)c3)CC2)c1. The van der Waals surface area contributed by atoms with Crippen LogP contribution in [0.25, 0.3) is 0 Å². The lowest BCUT2D eigenvalue weighted by Gasteiger charge is -2.36. The van der Waals surface area contributed by atoms with Crippen LogP contribution < -0.4 is 10.4 Å². The topological polar surface area (TPSA) is 78.6 Å². The largest absolute Gasteiger partial charge is 0.369 e. The Balaban J connectivity index is 1.49. The van der Waals surface area contributed by atoms with Gasteiger partial charge in [0.1, 0.15) is 10.6 Å². The summed E-state index contributed by atoms with van der Waals surface area (Å²) in [7, 11) is -3.64. The van der Waals surface area contributed by atoms with Gasteiger partial charge in [0.15, 0.2) is 9.84 Å². The first kappa shape index (κ1) is 24.4. The van der Waals surface area contributed by atoms with E-state index in [0.29, 0.717) is 10.6 Å². The summed E-state index contributed by atoms with van der Waals surface area (Å²) in [5, 5.41) is 4.29. The highest BCUT2D eigenvalue weighted by Gasteiger charge is 2.24. The summed E-state index contributed by atoms with van der Waals surface area (Å²) >= 11 is 5.93. The minimum Gasteiger partial charge on any atom is -0.369 e. The molecule has 3 aromatic carbocycles. The number of sulfone groups is 1. The molecule has 2 N–H and O–H groups in total. The predicted octanol–water partition coefficient (Wildman–Crippen LogP) is 4.10. The molecule has 0 saturated carbocycles. The van der Waals surface area contributed by atoms with E-state index in [1.54, 1.807) is 36.4 Å². The monoisotopic (exact) mass is 497 g/mol. The standard InChI is InChI=1S/C26H29ClN4O2S/c1-19-3-4-20(2)22(15-19)17-30-11-13-31(14-12-30)24-9-10-25(29-28)26(16-24)34(32,33)18-21-5-7-23(27)8-6-21/h3-10,15-16,28H,11-14,17-18H2,1-2H3/p+1. The zero-order chi connectivity index (χ0) is 24.3. The fourth-order valence-corrected chi connectivity index (χ4v) is 5.96. The van der Waals surface area contributed by atoms with Crippen molar-refractivity contribution in [3.8, 4) is 0 Å². The second-order valence-electron chi connectivity index (χ2n) is 8.86. The number of hydrogen-bond acceptors (Lipinski definition) is 5. The van der Waals surface area contributed by atoms with Crippen LogP contribution in [0.5, 0.6) is 0 Å². The number of nitrogens with zero attached hydrogens (tertiary/aromatic N) is 3. The fraction of sp³-hybridized carbons (Fsp3) is 0.308. The van der Waals surface area contributed by atoms with Crippen LogP contribution in [0.15, 0.2) is 70.7 Å². The van der Waals surface area contributed by atoms with E-state index in [0.717, 1.165) is 38.4 Å². The maximum absolute atomic E-state index is 13.2. The van der Waals surface area contributed by atoms with Crippen LogP contribution >= 0.6 is 11.6 Å². The zero-order valence-corrected chi connectivity index (χ0v) is 21.1. The molecular weight excluding hydrogens is 468 g/mol. The summed E-state index contributed by atoms with van der Waals surface area (Å²) in [4.78, 5) is 4.82. The van der Waals surface area contributed by atoms with Crippen LogP contribution in [0.1, 0.15) is 22.3 Å². The Hall–Kier alpha value is -2.74. The Morgan fingerprint density at radius 2 is 1.65 bits per heavy atom. The number of hydrogen-bond donors (Lipinski definition) is 1. The minimum atomic E-state index is -3.64. The summed E-state index contributed by atoms with van der Waals surface area (Å²) in [5.41, 5.74) is 11.3. The average Bonchev–Trinajstić information content (AvgIpc) is 2.83. The molecule has 0 aromatic heterocycles. The van der Waals surface area contributed by atoms with E-state index in [9.17, 15) is 8.42 Å². The Morgan fingerprint density at radius 3 is 2.32 bits per heavy atom. The van der Waals surface area contributed by atoms with Gasteiger partial charge in [-0.3, -0.25) is 4.90 Å². The molecule has 1 aliphatic rings. The molecule has 1 aliphatic heterocycles. The van der Waals surface area contributed by atoms with Gasteiger partial charge in [-0.25, -0.2) is 8.42 Å². The second-order valence-corrected chi connectivity index (χ2v) is 11.3. The third-order valence-corrected chi connectivity index (χ3v) is 8.29. The molecule has 0 unspecified atom stereocenters. The van der Waals surface area contributed by atoms with E-state index in [1.165, 1.54) is 16.7 Å². The molecule has 0 radical (unpaired) electrons. The molecule has 6 nitrogen and oxygen atoms in total. The van der Waals surface area contributed by atoms with Crippen LogP contribution in [0.4, 0.5) is 11.4 Å². The Labute approximate surface area is 206 Å². The molecule has 0 spiro atoms. The highest BCUT2D eigenvalue weighted by Crippen LogP contribution is 2.32. The number of halogens is 1. The average molecular weight is 498 g/mol. The van der Waals surface area contributed by atoms with Crippen molar-refractivity contribution in [3.63, 3.8) is 0 Å². The van der Waals surface area contributed by atoms with Gasteiger partial charge in [-0.1, -0.05) is 47.5 Å². The van der Waals surface area contributed by atoms with E-state index < -0.39 is 9.84 Å². The molecule has 34 heavy (non-hydrogen) atoms. The maximum Gasteiger partial charge on any atom is 0.184 e. The molecule has 1 heterocycles. The van der Waals surface area contributed by atoms with E-state index in [1.807, 2.05) is 6.07 Å². The van der Waals surface area contributed by atoms with E-state index >= 15 is 0 Å². The third-order valence-electron chi connectivity index (χ3n) is 6.32. The molecule has 1 fully saturated rings. The summed E-state index contributed by atoms with van der Waals surface area (Å²) < 4.78 is 26.5. The first-order valence-corrected chi connectivity index (χ1v) is 13.3. The highest BCUT2D eigenvalue weighted by molar-refractivity contribution is 7.90.